The maximum atomic E-state index is 12.0. The molecule has 0 aliphatic heterocycles. The van der Waals surface area contributed by atoms with E-state index in [1.165, 1.54) is 6.42 Å². The minimum absolute atomic E-state index is 0.0152. The van der Waals surface area contributed by atoms with E-state index in [4.69, 9.17) is 5.11 Å². The first-order valence-electron chi connectivity index (χ1n) is 7.21. The molecule has 2 amide bonds. The molecule has 2 saturated carbocycles. The molecule has 0 aromatic carbocycles. The van der Waals surface area contributed by atoms with Gasteiger partial charge in [-0.1, -0.05) is 13.3 Å². The molecule has 0 radical (unpaired) electrons. The van der Waals surface area contributed by atoms with E-state index in [9.17, 15) is 9.59 Å². The second-order valence-electron chi connectivity index (χ2n) is 6.20. The standard InChI is InChI=1S/C14H24N2O3/c1-9-6-11(9)8-16(2)14(19)15-12-5-3-4-10(7-12)13(17)18/h9-12H,3-8H2,1-2H3,(H,15,19)(H,17,18). The molecule has 0 spiro atoms. The van der Waals surface area contributed by atoms with Crippen LogP contribution in [-0.4, -0.2) is 41.6 Å². The van der Waals surface area contributed by atoms with E-state index >= 15 is 0 Å². The first-order chi connectivity index (χ1) is 8.97. The summed E-state index contributed by atoms with van der Waals surface area (Å²) in [6.45, 7) is 3.01. The number of nitrogens with one attached hydrogen (secondary N) is 1. The summed E-state index contributed by atoms with van der Waals surface area (Å²) in [7, 11) is 1.82. The zero-order chi connectivity index (χ0) is 14.0. The largest absolute Gasteiger partial charge is 0.481 e. The monoisotopic (exact) mass is 268 g/mol. The molecular weight excluding hydrogens is 244 g/mol. The summed E-state index contributed by atoms with van der Waals surface area (Å²) < 4.78 is 0. The van der Waals surface area contributed by atoms with Crippen molar-refractivity contribution in [2.45, 2.75) is 45.1 Å². The molecule has 108 valence electrons. The highest BCUT2D eigenvalue weighted by molar-refractivity contribution is 5.74. The van der Waals surface area contributed by atoms with Crippen molar-refractivity contribution in [3.8, 4) is 0 Å². The zero-order valence-corrected chi connectivity index (χ0v) is 11.8. The summed E-state index contributed by atoms with van der Waals surface area (Å²) in [5, 5.41) is 12.0. The number of carbonyl (C=O) groups is 2. The van der Waals surface area contributed by atoms with Crippen molar-refractivity contribution in [3.63, 3.8) is 0 Å². The van der Waals surface area contributed by atoms with E-state index in [2.05, 4.69) is 12.2 Å². The number of rotatable bonds is 4. The Morgan fingerprint density at radius 1 is 1.32 bits per heavy atom. The highest BCUT2D eigenvalue weighted by Gasteiger charge is 2.35. The van der Waals surface area contributed by atoms with Crippen molar-refractivity contribution in [1.29, 1.82) is 0 Å². The van der Waals surface area contributed by atoms with E-state index in [0.717, 1.165) is 31.7 Å². The van der Waals surface area contributed by atoms with Crippen LogP contribution in [0.25, 0.3) is 0 Å². The predicted molar refractivity (Wildman–Crippen MR) is 71.8 cm³/mol. The lowest BCUT2D eigenvalue weighted by Gasteiger charge is -2.29. The van der Waals surface area contributed by atoms with Gasteiger partial charge in [-0.05, 0) is 37.5 Å². The van der Waals surface area contributed by atoms with Crippen LogP contribution in [0.15, 0.2) is 0 Å². The van der Waals surface area contributed by atoms with Gasteiger partial charge in [0.15, 0.2) is 0 Å². The number of hydrogen-bond donors (Lipinski definition) is 2. The molecule has 0 aromatic heterocycles. The van der Waals surface area contributed by atoms with Crippen molar-refractivity contribution in [1.82, 2.24) is 10.2 Å². The van der Waals surface area contributed by atoms with Crippen LogP contribution in [0.3, 0.4) is 0 Å². The van der Waals surface area contributed by atoms with Gasteiger partial charge in [-0.15, -0.1) is 0 Å². The Kier molecular flexibility index (Phi) is 4.32. The molecule has 0 saturated heterocycles. The molecular formula is C14H24N2O3. The Morgan fingerprint density at radius 3 is 2.58 bits per heavy atom. The van der Waals surface area contributed by atoms with Gasteiger partial charge in [0.2, 0.25) is 0 Å². The molecule has 4 unspecified atom stereocenters. The van der Waals surface area contributed by atoms with Gasteiger partial charge >= 0.3 is 12.0 Å². The Bertz CT molecular complexity index is 359. The summed E-state index contributed by atoms with van der Waals surface area (Å²) in [5.41, 5.74) is 0. The fraction of sp³-hybridized carbons (Fsp3) is 0.857. The van der Waals surface area contributed by atoms with E-state index < -0.39 is 5.97 Å². The van der Waals surface area contributed by atoms with Gasteiger partial charge in [0.1, 0.15) is 0 Å². The zero-order valence-electron chi connectivity index (χ0n) is 11.8. The summed E-state index contributed by atoms with van der Waals surface area (Å²) in [6.07, 6.45) is 4.28. The lowest BCUT2D eigenvalue weighted by molar-refractivity contribution is -0.143. The predicted octanol–water partition coefficient (Wildman–Crippen LogP) is 1.93. The number of hydrogen-bond acceptors (Lipinski definition) is 2. The molecule has 0 bridgehead atoms. The minimum atomic E-state index is -0.737. The quantitative estimate of drug-likeness (QED) is 0.818. The maximum Gasteiger partial charge on any atom is 0.317 e. The summed E-state index contributed by atoms with van der Waals surface area (Å²) in [6, 6.07) is -0.0448. The number of urea groups is 1. The molecule has 2 aliphatic rings. The molecule has 0 aromatic rings. The van der Waals surface area contributed by atoms with E-state index in [0.29, 0.717) is 12.3 Å². The smallest absolute Gasteiger partial charge is 0.317 e. The lowest BCUT2D eigenvalue weighted by atomic mass is 9.86. The Hall–Kier alpha value is -1.26. The average Bonchev–Trinajstić information content (AvgIpc) is 3.05. The fourth-order valence-corrected chi connectivity index (χ4v) is 2.92. The van der Waals surface area contributed by atoms with Crippen molar-refractivity contribution in [2.24, 2.45) is 17.8 Å². The average molecular weight is 268 g/mol. The molecule has 4 atom stereocenters. The molecule has 19 heavy (non-hydrogen) atoms. The lowest BCUT2D eigenvalue weighted by Crippen LogP contribution is -2.46. The summed E-state index contributed by atoms with van der Waals surface area (Å²) >= 11 is 0. The van der Waals surface area contributed by atoms with Gasteiger partial charge in [0, 0.05) is 19.6 Å². The van der Waals surface area contributed by atoms with Gasteiger partial charge in [-0.25, -0.2) is 4.79 Å². The minimum Gasteiger partial charge on any atom is -0.481 e. The van der Waals surface area contributed by atoms with Crippen molar-refractivity contribution >= 4 is 12.0 Å². The van der Waals surface area contributed by atoms with Gasteiger partial charge in [0.05, 0.1) is 5.92 Å². The van der Waals surface area contributed by atoms with Gasteiger partial charge < -0.3 is 15.3 Å². The maximum absolute atomic E-state index is 12.0. The van der Waals surface area contributed by atoms with Crippen LogP contribution in [0.1, 0.15) is 39.0 Å². The van der Waals surface area contributed by atoms with Crippen LogP contribution in [0.5, 0.6) is 0 Å². The van der Waals surface area contributed by atoms with Gasteiger partial charge in [-0.2, -0.15) is 0 Å². The molecule has 5 nitrogen and oxygen atoms in total. The van der Waals surface area contributed by atoms with Gasteiger partial charge in [-0.3, -0.25) is 4.79 Å². The topological polar surface area (TPSA) is 69.6 Å². The van der Waals surface area contributed by atoms with Crippen LogP contribution in [0, 0.1) is 17.8 Å². The number of carboxylic acid groups (broad SMARTS) is 1. The molecule has 5 heteroatoms. The van der Waals surface area contributed by atoms with Crippen LogP contribution in [0.4, 0.5) is 4.79 Å². The summed E-state index contributed by atoms with van der Waals surface area (Å²) in [4.78, 5) is 24.7. The third-order valence-corrected chi connectivity index (χ3v) is 4.48. The third kappa shape index (κ3) is 3.85. The Labute approximate surface area is 114 Å². The van der Waals surface area contributed by atoms with Crippen LogP contribution >= 0.6 is 0 Å². The van der Waals surface area contributed by atoms with Gasteiger partial charge in [0.25, 0.3) is 0 Å². The van der Waals surface area contributed by atoms with Crippen LogP contribution in [0.2, 0.25) is 0 Å². The second kappa shape index (κ2) is 5.80. The van der Waals surface area contributed by atoms with Crippen molar-refractivity contribution in [2.75, 3.05) is 13.6 Å². The van der Waals surface area contributed by atoms with E-state index in [1.54, 1.807) is 4.90 Å². The fourth-order valence-electron chi connectivity index (χ4n) is 2.92. The molecule has 2 N–H and O–H groups in total. The number of carbonyl (C=O) groups excluding carboxylic acids is 1. The number of aliphatic carboxylic acids is 1. The number of carboxylic acids is 1. The first kappa shape index (κ1) is 14.2. The highest BCUT2D eigenvalue weighted by atomic mass is 16.4. The third-order valence-electron chi connectivity index (χ3n) is 4.48. The van der Waals surface area contributed by atoms with E-state index in [-0.39, 0.29) is 18.0 Å². The molecule has 2 fully saturated rings. The second-order valence-corrected chi connectivity index (χ2v) is 6.20. The van der Waals surface area contributed by atoms with E-state index in [1.807, 2.05) is 7.05 Å². The molecule has 0 heterocycles. The normalized spacial score (nSPS) is 33.6. The molecule has 2 aliphatic carbocycles. The highest BCUT2D eigenvalue weighted by Crippen LogP contribution is 2.38. The molecule has 2 rings (SSSR count). The van der Waals surface area contributed by atoms with Crippen molar-refractivity contribution < 1.29 is 14.7 Å². The van der Waals surface area contributed by atoms with Crippen LogP contribution in [-0.2, 0) is 4.79 Å². The first-order valence-corrected chi connectivity index (χ1v) is 7.21. The number of amides is 2. The number of nitrogens with zero attached hydrogens (tertiary/aromatic N) is 1. The SMILES string of the molecule is CC1CC1CN(C)C(=O)NC1CCCC(C(=O)O)C1. The Morgan fingerprint density at radius 2 is 2.00 bits per heavy atom. The Balaban J connectivity index is 1.76. The van der Waals surface area contributed by atoms with Crippen LogP contribution < -0.4 is 5.32 Å². The summed E-state index contributed by atoms with van der Waals surface area (Å²) in [5.74, 6) is 0.349. The van der Waals surface area contributed by atoms with Crippen molar-refractivity contribution in [3.05, 3.63) is 0 Å².